The molecule has 0 unspecified atom stereocenters. The Balaban J connectivity index is 1.55. The average molecular weight is 453 g/mol. The maximum absolute atomic E-state index is 13.3. The Morgan fingerprint density at radius 2 is 1.80 bits per heavy atom. The minimum Gasteiger partial charge on any atom is -0.454 e. The molecule has 0 amide bonds. The van der Waals surface area contributed by atoms with Gasteiger partial charge in [-0.05, 0) is 41.8 Å². The van der Waals surface area contributed by atoms with E-state index in [1.165, 1.54) is 23.5 Å². The molecule has 4 heterocycles. The molecule has 5 aromatic rings. The number of anilines is 2. The average Bonchev–Trinajstić information content (AvgIpc) is 3.44. The fourth-order valence-electron chi connectivity index (χ4n) is 2.77. The molecule has 5 rings (SSSR count). The number of thiazole rings is 1. The summed E-state index contributed by atoms with van der Waals surface area (Å²) in [5.41, 5.74) is 1.71. The summed E-state index contributed by atoms with van der Waals surface area (Å²) in [4.78, 5) is 15.1. The van der Waals surface area contributed by atoms with E-state index < -0.39 is 0 Å². The van der Waals surface area contributed by atoms with Gasteiger partial charge < -0.3 is 10.1 Å². The summed E-state index contributed by atoms with van der Waals surface area (Å²) in [7, 11) is 0. The molecule has 0 spiro atoms. The van der Waals surface area contributed by atoms with E-state index in [9.17, 15) is 4.39 Å². The molecule has 1 aromatic carbocycles. The zero-order chi connectivity index (χ0) is 20.3. The first-order valence-corrected chi connectivity index (χ1v) is 11.4. The van der Waals surface area contributed by atoms with Crippen molar-refractivity contribution in [3.63, 3.8) is 0 Å². The Bertz CT molecular complexity index is 1290. The van der Waals surface area contributed by atoms with Crippen LogP contribution in [0.15, 0.2) is 81.7 Å². The first kappa shape index (κ1) is 19.0. The monoisotopic (exact) mass is 452 g/mol. The van der Waals surface area contributed by atoms with Gasteiger partial charge in [0.15, 0.2) is 10.9 Å². The normalized spacial score (nSPS) is 11.0. The van der Waals surface area contributed by atoms with E-state index >= 15 is 0 Å². The first-order valence-electron chi connectivity index (χ1n) is 8.84. The molecule has 4 aromatic heterocycles. The van der Waals surface area contributed by atoms with Crippen LogP contribution in [0.25, 0.3) is 10.2 Å². The van der Waals surface area contributed by atoms with Crippen LogP contribution in [0.4, 0.5) is 15.2 Å². The standard InChI is InChI=1S/C21H13FN4OS3/c22-13-1-3-14(4-2-13)27-16-11-23-12-18(19(16)26-21-25-8-10-29-21)30-17-5-7-24-15-6-9-28-20(15)17/h1-12H,(H,23,25,26). The van der Waals surface area contributed by atoms with Crippen LogP contribution in [0, 0.1) is 5.82 Å². The Morgan fingerprint density at radius 1 is 0.900 bits per heavy atom. The van der Waals surface area contributed by atoms with Gasteiger partial charge >= 0.3 is 0 Å². The summed E-state index contributed by atoms with van der Waals surface area (Å²) >= 11 is 4.72. The van der Waals surface area contributed by atoms with Gasteiger partial charge in [-0.2, -0.15) is 0 Å². The summed E-state index contributed by atoms with van der Waals surface area (Å²) in [6, 6.07) is 9.88. The third-order valence-corrected chi connectivity index (χ3v) is 6.95. The number of halogens is 1. The molecule has 0 fully saturated rings. The molecule has 0 atom stereocenters. The molecule has 0 saturated carbocycles. The van der Waals surface area contributed by atoms with Crippen molar-refractivity contribution < 1.29 is 9.13 Å². The van der Waals surface area contributed by atoms with E-state index in [0.29, 0.717) is 11.5 Å². The number of benzene rings is 1. The predicted octanol–water partition coefficient (Wildman–Crippen LogP) is 6.97. The molecule has 0 radical (unpaired) electrons. The fraction of sp³-hybridized carbons (Fsp3) is 0. The highest BCUT2D eigenvalue weighted by Crippen LogP contribution is 2.43. The topological polar surface area (TPSA) is 59.9 Å². The van der Waals surface area contributed by atoms with Gasteiger partial charge in [-0.1, -0.05) is 11.8 Å². The van der Waals surface area contributed by atoms with Crippen LogP contribution >= 0.6 is 34.4 Å². The minimum absolute atomic E-state index is 0.316. The third-order valence-electron chi connectivity index (χ3n) is 4.11. The van der Waals surface area contributed by atoms with Gasteiger partial charge in [-0.3, -0.25) is 9.97 Å². The highest BCUT2D eigenvalue weighted by molar-refractivity contribution is 7.99. The predicted molar refractivity (Wildman–Crippen MR) is 120 cm³/mol. The molecule has 9 heteroatoms. The van der Waals surface area contributed by atoms with Crippen molar-refractivity contribution in [3.05, 3.63) is 77.8 Å². The van der Waals surface area contributed by atoms with Crippen LogP contribution in [0.5, 0.6) is 11.5 Å². The van der Waals surface area contributed by atoms with Crippen LogP contribution in [-0.4, -0.2) is 15.0 Å². The second-order valence-electron chi connectivity index (χ2n) is 6.08. The molecular weight excluding hydrogens is 439 g/mol. The Morgan fingerprint density at radius 3 is 2.63 bits per heavy atom. The van der Waals surface area contributed by atoms with E-state index in [1.54, 1.807) is 60.0 Å². The van der Waals surface area contributed by atoms with E-state index in [-0.39, 0.29) is 5.82 Å². The molecule has 5 nitrogen and oxygen atoms in total. The lowest BCUT2D eigenvalue weighted by atomic mass is 10.3. The molecule has 1 N–H and O–H groups in total. The van der Waals surface area contributed by atoms with Crippen molar-refractivity contribution in [2.24, 2.45) is 0 Å². The van der Waals surface area contributed by atoms with Crippen LogP contribution < -0.4 is 10.1 Å². The number of rotatable bonds is 6. The number of nitrogens with zero attached hydrogens (tertiary/aromatic N) is 3. The number of ether oxygens (including phenoxy) is 1. The number of aromatic nitrogens is 3. The van der Waals surface area contributed by atoms with E-state index in [0.717, 1.165) is 30.8 Å². The molecule has 0 saturated heterocycles. The largest absolute Gasteiger partial charge is 0.454 e. The summed E-state index contributed by atoms with van der Waals surface area (Å²) in [6.45, 7) is 0. The first-order chi connectivity index (χ1) is 14.8. The Hall–Kier alpha value is -3.01. The molecule has 0 aliphatic carbocycles. The minimum atomic E-state index is -0.316. The van der Waals surface area contributed by atoms with Crippen molar-refractivity contribution in [2.45, 2.75) is 9.79 Å². The van der Waals surface area contributed by atoms with Gasteiger partial charge in [-0.15, -0.1) is 22.7 Å². The van der Waals surface area contributed by atoms with E-state index in [2.05, 4.69) is 20.3 Å². The summed E-state index contributed by atoms with van der Waals surface area (Å²) in [6.07, 6.45) is 6.96. The quantitative estimate of drug-likeness (QED) is 0.300. The highest BCUT2D eigenvalue weighted by atomic mass is 32.2. The van der Waals surface area contributed by atoms with Gasteiger partial charge in [0.25, 0.3) is 0 Å². The lowest BCUT2D eigenvalue weighted by Crippen LogP contribution is -1.97. The van der Waals surface area contributed by atoms with Gasteiger partial charge in [0, 0.05) is 28.9 Å². The van der Waals surface area contributed by atoms with E-state index in [4.69, 9.17) is 4.74 Å². The number of fused-ring (bicyclic) bond motifs is 1. The van der Waals surface area contributed by atoms with Gasteiger partial charge in [0.2, 0.25) is 0 Å². The Kier molecular flexibility index (Phi) is 5.31. The van der Waals surface area contributed by atoms with Gasteiger partial charge in [0.05, 0.1) is 21.3 Å². The maximum atomic E-state index is 13.3. The lowest BCUT2D eigenvalue weighted by Gasteiger charge is -2.15. The smallest absolute Gasteiger partial charge is 0.187 e. The second-order valence-corrected chi connectivity index (χ2v) is 8.97. The molecule has 0 aliphatic heterocycles. The molecule has 0 aliphatic rings. The summed E-state index contributed by atoms with van der Waals surface area (Å²) in [5.74, 6) is 0.731. The van der Waals surface area contributed by atoms with Crippen molar-refractivity contribution in [1.29, 1.82) is 0 Å². The fourth-order valence-corrected chi connectivity index (χ4v) is 5.26. The SMILES string of the molecule is Fc1ccc(Oc2cncc(Sc3ccnc4ccsc34)c2Nc2nccs2)cc1. The number of hydrogen-bond donors (Lipinski definition) is 1. The van der Waals surface area contributed by atoms with Gasteiger partial charge in [-0.25, -0.2) is 9.37 Å². The molecule has 30 heavy (non-hydrogen) atoms. The Labute approximate surface area is 183 Å². The van der Waals surface area contributed by atoms with Crippen molar-refractivity contribution in [3.8, 4) is 11.5 Å². The number of nitrogens with one attached hydrogen (secondary N) is 1. The van der Waals surface area contributed by atoms with Crippen molar-refractivity contribution in [1.82, 2.24) is 15.0 Å². The summed E-state index contributed by atoms with van der Waals surface area (Å²) in [5, 5.41) is 8.02. The molecule has 148 valence electrons. The van der Waals surface area contributed by atoms with Crippen LogP contribution in [0.3, 0.4) is 0 Å². The number of pyridine rings is 2. The molecule has 0 bridgehead atoms. The zero-order valence-corrected chi connectivity index (χ0v) is 17.7. The second kappa shape index (κ2) is 8.39. The van der Waals surface area contributed by atoms with Crippen LogP contribution in [0.2, 0.25) is 0 Å². The van der Waals surface area contributed by atoms with Gasteiger partial charge in [0.1, 0.15) is 17.3 Å². The maximum Gasteiger partial charge on any atom is 0.187 e. The van der Waals surface area contributed by atoms with Crippen LogP contribution in [-0.2, 0) is 0 Å². The summed E-state index contributed by atoms with van der Waals surface area (Å²) < 4.78 is 20.4. The van der Waals surface area contributed by atoms with Crippen molar-refractivity contribution >= 4 is 55.5 Å². The van der Waals surface area contributed by atoms with Crippen LogP contribution in [0.1, 0.15) is 0 Å². The zero-order valence-electron chi connectivity index (χ0n) is 15.3. The highest BCUT2D eigenvalue weighted by Gasteiger charge is 2.16. The third kappa shape index (κ3) is 4.00. The number of thiophene rings is 1. The number of hydrogen-bond acceptors (Lipinski definition) is 8. The lowest BCUT2D eigenvalue weighted by molar-refractivity contribution is 0.479. The van der Waals surface area contributed by atoms with E-state index in [1.807, 2.05) is 22.9 Å². The molecular formula is C21H13FN4OS3. The van der Waals surface area contributed by atoms with Crippen molar-refractivity contribution in [2.75, 3.05) is 5.32 Å².